The maximum absolute atomic E-state index is 9.07. The number of nitrogens with zero attached hydrogens (tertiary/aromatic N) is 1. The van der Waals surface area contributed by atoms with E-state index in [0.29, 0.717) is 5.92 Å². The Morgan fingerprint density at radius 2 is 2.29 bits per heavy atom. The second-order valence-corrected chi connectivity index (χ2v) is 5.51. The number of nitriles is 1. The van der Waals surface area contributed by atoms with Crippen LogP contribution in [-0.4, -0.2) is 0 Å². The third-order valence-electron chi connectivity index (χ3n) is 3.58. The van der Waals surface area contributed by atoms with Gasteiger partial charge in [-0.3, -0.25) is 0 Å². The first-order valence-electron chi connectivity index (χ1n) is 5.10. The number of nitrogen functional groups attached to an aromatic ring is 1. The highest BCUT2D eigenvalue weighted by Crippen LogP contribution is 2.51. The number of rotatable bonds is 0. The summed E-state index contributed by atoms with van der Waals surface area (Å²) in [4.78, 5) is 1.40. The van der Waals surface area contributed by atoms with E-state index in [1.165, 1.54) is 36.1 Å². The number of fused-ring (bicyclic) bond motifs is 4. The lowest BCUT2D eigenvalue weighted by Gasteiger charge is -2.19. The molecule has 72 valence electrons. The van der Waals surface area contributed by atoms with E-state index in [4.69, 9.17) is 11.0 Å². The SMILES string of the molecule is N#Cc1c(N)sc2c1C1CCC(C2)C1. The van der Waals surface area contributed by atoms with E-state index in [2.05, 4.69) is 6.07 Å². The Bertz CT molecular complexity index is 427. The van der Waals surface area contributed by atoms with Gasteiger partial charge in [-0.25, -0.2) is 0 Å². The van der Waals surface area contributed by atoms with Crippen molar-refractivity contribution < 1.29 is 0 Å². The van der Waals surface area contributed by atoms with Gasteiger partial charge in [0.25, 0.3) is 0 Å². The molecule has 0 aliphatic heterocycles. The van der Waals surface area contributed by atoms with Crippen LogP contribution in [0.1, 0.15) is 41.2 Å². The van der Waals surface area contributed by atoms with E-state index in [0.717, 1.165) is 16.5 Å². The van der Waals surface area contributed by atoms with Gasteiger partial charge in [0.2, 0.25) is 0 Å². The maximum atomic E-state index is 9.07. The van der Waals surface area contributed by atoms with Gasteiger partial charge < -0.3 is 5.73 Å². The topological polar surface area (TPSA) is 49.8 Å². The lowest BCUT2D eigenvalue weighted by molar-refractivity contribution is 0.516. The second-order valence-electron chi connectivity index (χ2n) is 4.37. The number of hydrogen-bond acceptors (Lipinski definition) is 3. The minimum atomic E-state index is 0.645. The maximum Gasteiger partial charge on any atom is 0.104 e. The molecule has 0 amide bonds. The van der Waals surface area contributed by atoms with Gasteiger partial charge in [0, 0.05) is 4.88 Å². The normalized spacial score (nSPS) is 28.5. The molecule has 2 aliphatic carbocycles. The molecular formula is C11H12N2S. The van der Waals surface area contributed by atoms with Crippen molar-refractivity contribution in [2.45, 2.75) is 31.6 Å². The zero-order valence-electron chi connectivity index (χ0n) is 7.92. The van der Waals surface area contributed by atoms with E-state index in [1.54, 1.807) is 11.3 Å². The smallest absolute Gasteiger partial charge is 0.104 e. The van der Waals surface area contributed by atoms with Gasteiger partial charge in [0.15, 0.2) is 0 Å². The van der Waals surface area contributed by atoms with Gasteiger partial charge in [-0.05, 0) is 43.1 Å². The fraction of sp³-hybridized carbons (Fsp3) is 0.545. The highest BCUT2D eigenvalue weighted by atomic mass is 32.1. The molecule has 2 unspecified atom stereocenters. The van der Waals surface area contributed by atoms with Crippen molar-refractivity contribution in [3.8, 4) is 6.07 Å². The van der Waals surface area contributed by atoms with Crippen LogP contribution in [0.3, 0.4) is 0 Å². The molecule has 2 N–H and O–H groups in total. The van der Waals surface area contributed by atoms with Gasteiger partial charge in [0.05, 0.1) is 5.56 Å². The van der Waals surface area contributed by atoms with E-state index >= 15 is 0 Å². The van der Waals surface area contributed by atoms with Crippen molar-refractivity contribution in [1.82, 2.24) is 0 Å². The third-order valence-corrected chi connectivity index (χ3v) is 4.64. The van der Waals surface area contributed by atoms with Crippen LogP contribution in [0, 0.1) is 17.2 Å². The van der Waals surface area contributed by atoms with E-state index < -0.39 is 0 Å². The summed E-state index contributed by atoms with van der Waals surface area (Å²) in [6.45, 7) is 0. The summed E-state index contributed by atoms with van der Waals surface area (Å²) in [5.41, 5.74) is 7.96. The Labute approximate surface area is 87.3 Å². The molecule has 1 saturated carbocycles. The second kappa shape index (κ2) is 2.74. The number of thiophene rings is 1. The summed E-state index contributed by atoms with van der Waals surface area (Å²) < 4.78 is 0. The van der Waals surface area contributed by atoms with Crippen molar-refractivity contribution in [2.75, 3.05) is 5.73 Å². The van der Waals surface area contributed by atoms with E-state index in [1.807, 2.05) is 0 Å². The molecule has 0 spiro atoms. The summed E-state index contributed by atoms with van der Waals surface area (Å²) in [7, 11) is 0. The predicted molar refractivity (Wildman–Crippen MR) is 57.2 cm³/mol. The number of nitrogens with two attached hydrogens (primary N) is 1. The molecule has 0 radical (unpaired) electrons. The molecule has 1 fully saturated rings. The van der Waals surface area contributed by atoms with Crippen molar-refractivity contribution in [2.24, 2.45) is 5.92 Å². The Morgan fingerprint density at radius 1 is 1.43 bits per heavy atom. The zero-order chi connectivity index (χ0) is 9.71. The number of anilines is 1. The molecule has 0 saturated heterocycles. The Kier molecular flexibility index (Phi) is 1.63. The summed E-state index contributed by atoms with van der Waals surface area (Å²) in [6.07, 6.45) is 5.07. The summed E-state index contributed by atoms with van der Waals surface area (Å²) in [5.74, 6) is 1.52. The summed E-state index contributed by atoms with van der Waals surface area (Å²) in [6, 6.07) is 2.27. The molecule has 0 aromatic carbocycles. The van der Waals surface area contributed by atoms with Crippen molar-refractivity contribution >= 4 is 16.3 Å². The van der Waals surface area contributed by atoms with Gasteiger partial charge in [-0.2, -0.15) is 5.26 Å². The van der Waals surface area contributed by atoms with Crippen LogP contribution in [0.15, 0.2) is 0 Å². The minimum absolute atomic E-state index is 0.645. The predicted octanol–water partition coefficient (Wildman–Crippen LogP) is 2.64. The van der Waals surface area contributed by atoms with Crippen LogP contribution >= 0.6 is 11.3 Å². The Morgan fingerprint density at radius 3 is 3.07 bits per heavy atom. The first-order valence-corrected chi connectivity index (χ1v) is 5.92. The van der Waals surface area contributed by atoms with Gasteiger partial charge >= 0.3 is 0 Å². The monoisotopic (exact) mass is 204 g/mol. The van der Waals surface area contributed by atoms with Gasteiger partial charge in [-0.15, -0.1) is 11.3 Å². The average Bonchev–Trinajstić information content (AvgIpc) is 2.68. The van der Waals surface area contributed by atoms with Gasteiger partial charge in [-0.1, -0.05) is 0 Å². The fourth-order valence-corrected chi connectivity index (χ4v) is 4.22. The molecule has 2 nitrogen and oxygen atoms in total. The molecule has 2 bridgehead atoms. The molecular weight excluding hydrogens is 192 g/mol. The standard InChI is InChI=1S/C11H12N2S/c12-5-8-10-7-2-1-6(3-7)4-9(10)14-11(8)13/h6-7H,1-4,13H2. The first kappa shape index (κ1) is 8.31. The van der Waals surface area contributed by atoms with Crippen LogP contribution < -0.4 is 5.73 Å². The molecule has 2 atom stereocenters. The Balaban J connectivity index is 2.20. The van der Waals surface area contributed by atoms with Crippen LogP contribution in [0.5, 0.6) is 0 Å². The van der Waals surface area contributed by atoms with Crippen LogP contribution in [-0.2, 0) is 6.42 Å². The number of hydrogen-bond donors (Lipinski definition) is 1. The van der Waals surface area contributed by atoms with Crippen molar-refractivity contribution in [1.29, 1.82) is 5.26 Å². The molecule has 1 aromatic rings. The third kappa shape index (κ3) is 0.949. The largest absolute Gasteiger partial charge is 0.389 e. The quantitative estimate of drug-likeness (QED) is 0.706. The molecule has 14 heavy (non-hydrogen) atoms. The summed E-state index contributed by atoms with van der Waals surface area (Å²) >= 11 is 1.64. The zero-order valence-corrected chi connectivity index (χ0v) is 8.73. The van der Waals surface area contributed by atoms with E-state index in [-0.39, 0.29) is 0 Å². The fourth-order valence-electron chi connectivity index (χ4n) is 2.99. The Hall–Kier alpha value is -1.01. The first-order chi connectivity index (χ1) is 6.79. The van der Waals surface area contributed by atoms with Crippen LogP contribution in [0.2, 0.25) is 0 Å². The van der Waals surface area contributed by atoms with Crippen LogP contribution in [0.4, 0.5) is 5.00 Å². The van der Waals surface area contributed by atoms with Crippen LogP contribution in [0.25, 0.3) is 0 Å². The average molecular weight is 204 g/mol. The molecule has 1 heterocycles. The molecule has 1 aromatic heterocycles. The van der Waals surface area contributed by atoms with Crippen molar-refractivity contribution in [3.63, 3.8) is 0 Å². The molecule has 3 rings (SSSR count). The molecule has 3 heteroatoms. The minimum Gasteiger partial charge on any atom is -0.389 e. The highest BCUT2D eigenvalue weighted by molar-refractivity contribution is 7.16. The molecule has 2 aliphatic rings. The lowest BCUT2D eigenvalue weighted by Crippen LogP contribution is -2.08. The summed E-state index contributed by atoms with van der Waals surface area (Å²) in [5, 5.41) is 9.81. The lowest BCUT2D eigenvalue weighted by atomic mass is 9.86. The van der Waals surface area contributed by atoms with E-state index in [9.17, 15) is 0 Å². The van der Waals surface area contributed by atoms with Crippen molar-refractivity contribution in [3.05, 3.63) is 16.0 Å². The highest BCUT2D eigenvalue weighted by Gasteiger charge is 2.36. The van der Waals surface area contributed by atoms with Gasteiger partial charge in [0.1, 0.15) is 11.1 Å².